The van der Waals surface area contributed by atoms with E-state index in [0.717, 1.165) is 0 Å². The van der Waals surface area contributed by atoms with Crippen LogP contribution in [0.25, 0.3) is 0 Å². The van der Waals surface area contributed by atoms with Crippen molar-refractivity contribution in [2.45, 2.75) is 26.8 Å². The molecule has 0 heterocycles. The Bertz CT molecular complexity index is 415. The van der Waals surface area contributed by atoms with Crippen molar-refractivity contribution in [1.29, 1.82) is 0 Å². The molecular formula is C15H25NO4. The van der Waals surface area contributed by atoms with Crippen LogP contribution in [0.5, 0.6) is 23.0 Å². The predicted octanol–water partition coefficient (Wildman–Crippen LogP) is 2.46. The molecule has 1 aromatic carbocycles. The highest BCUT2D eigenvalue weighted by molar-refractivity contribution is 5.55. The number of nitrogens with two attached hydrogens (primary N) is 1. The maximum atomic E-state index is 6.08. The number of methoxy groups -OCH3 is 3. The number of hydrogen-bond acceptors (Lipinski definition) is 5. The Labute approximate surface area is 121 Å². The standard InChI is InChI=1S/C15H25NO4/c1-15(2,3)13(16)9-20-10-7-11(17-4)14(19-6)12(8-10)18-5/h7-8,13H,9,16H2,1-6H3. The minimum atomic E-state index is -0.0680. The van der Waals surface area contributed by atoms with Gasteiger partial charge in [-0.1, -0.05) is 20.8 Å². The van der Waals surface area contributed by atoms with E-state index in [1.807, 2.05) is 0 Å². The summed E-state index contributed by atoms with van der Waals surface area (Å²) in [5.41, 5.74) is 6.07. The van der Waals surface area contributed by atoms with E-state index in [1.54, 1.807) is 33.5 Å². The van der Waals surface area contributed by atoms with E-state index in [-0.39, 0.29) is 11.5 Å². The zero-order valence-corrected chi connectivity index (χ0v) is 13.1. The second kappa shape index (κ2) is 6.70. The first-order valence-electron chi connectivity index (χ1n) is 6.51. The number of rotatable bonds is 6. The quantitative estimate of drug-likeness (QED) is 0.869. The fourth-order valence-corrected chi connectivity index (χ4v) is 1.58. The summed E-state index contributed by atoms with van der Waals surface area (Å²) in [6.45, 7) is 6.66. The van der Waals surface area contributed by atoms with Crippen molar-refractivity contribution in [3.8, 4) is 23.0 Å². The fraction of sp³-hybridized carbons (Fsp3) is 0.600. The minimum absolute atomic E-state index is 0.0133. The minimum Gasteiger partial charge on any atom is -0.493 e. The molecule has 0 fully saturated rings. The maximum Gasteiger partial charge on any atom is 0.203 e. The van der Waals surface area contributed by atoms with Gasteiger partial charge in [0.1, 0.15) is 12.4 Å². The monoisotopic (exact) mass is 283 g/mol. The van der Waals surface area contributed by atoms with E-state index in [2.05, 4.69) is 20.8 Å². The van der Waals surface area contributed by atoms with Gasteiger partial charge in [-0.05, 0) is 5.41 Å². The van der Waals surface area contributed by atoms with Crippen LogP contribution >= 0.6 is 0 Å². The Morgan fingerprint density at radius 3 is 1.85 bits per heavy atom. The van der Waals surface area contributed by atoms with Crippen LogP contribution in [-0.2, 0) is 0 Å². The van der Waals surface area contributed by atoms with E-state index in [1.165, 1.54) is 0 Å². The van der Waals surface area contributed by atoms with Gasteiger partial charge in [0, 0.05) is 18.2 Å². The largest absolute Gasteiger partial charge is 0.493 e. The second-order valence-electron chi connectivity index (χ2n) is 5.64. The van der Waals surface area contributed by atoms with Crippen molar-refractivity contribution in [1.82, 2.24) is 0 Å². The Morgan fingerprint density at radius 2 is 1.50 bits per heavy atom. The molecule has 1 atom stereocenters. The molecule has 2 N–H and O–H groups in total. The van der Waals surface area contributed by atoms with Gasteiger partial charge in [-0.15, -0.1) is 0 Å². The summed E-state index contributed by atoms with van der Waals surface area (Å²) in [5.74, 6) is 2.30. The van der Waals surface area contributed by atoms with E-state index < -0.39 is 0 Å². The Morgan fingerprint density at radius 1 is 1.00 bits per heavy atom. The predicted molar refractivity (Wildman–Crippen MR) is 79.0 cm³/mol. The average Bonchev–Trinajstić information content (AvgIpc) is 2.42. The van der Waals surface area contributed by atoms with Gasteiger partial charge < -0.3 is 24.7 Å². The van der Waals surface area contributed by atoms with Crippen molar-refractivity contribution >= 4 is 0 Å². The second-order valence-corrected chi connectivity index (χ2v) is 5.64. The third-order valence-corrected chi connectivity index (χ3v) is 3.18. The van der Waals surface area contributed by atoms with Gasteiger partial charge in [0.25, 0.3) is 0 Å². The van der Waals surface area contributed by atoms with Crippen LogP contribution in [0.15, 0.2) is 12.1 Å². The molecule has 0 saturated heterocycles. The van der Waals surface area contributed by atoms with Crippen LogP contribution in [0, 0.1) is 5.41 Å². The fourth-order valence-electron chi connectivity index (χ4n) is 1.58. The average molecular weight is 283 g/mol. The zero-order valence-electron chi connectivity index (χ0n) is 13.1. The summed E-state index contributed by atoms with van der Waals surface area (Å²) in [5, 5.41) is 0. The van der Waals surface area contributed by atoms with Crippen LogP contribution in [0.2, 0.25) is 0 Å². The highest BCUT2D eigenvalue weighted by Crippen LogP contribution is 2.40. The Balaban J connectivity index is 2.91. The van der Waals surface area contributed by atoms with Gasteiger partial charge in [-0.3, -0.25) is 0 Å². The third kappa shape index (κ3) is 3.93. The summed E-state index contributed by atoms with van der Waals surface area (Å²) in [6, 6.07) is 3.45. The van der Waals surface area contributed by atoms with Crippen LogP contribution in [0.4, 0.5) is 0 Å². The Kier molecular flexibility index (Phi) is 5.51. The summed E-state index contributed by atoms with van der Waals surface area (Å²) in [6.07, 6.45) is 0. The smallest absolute Gasteiger partial charge is 0.203 e. The normalized spacial score (nSPS) is 12.8. The van der Waals surface area contributed by atoms with Crippen molar-refractivity contribution in [2.24, 2.45) is 11.1 Å². The van der Waals surface area contributed by atoms with Crippen molar-refractivity contribution in [3.05, 3.63) is 12.1 Å². The molecule has 0 aliphatic carbocycles. The van der Waals surface area contributed by atoms with Crippen LogP contribution in [-0.4, -0.2) is 34.0 Å². The molecule has 0 aliphatic rings. The van der Waals surface area contributed by atoms with E-state index in [4.69, 9.17) is 24.7 Å². The highest BCUT2D eigenvalue weighted by atomic mass is 16.5. The van der Waals surface area contributed by atoms with Gasteiger partial charge in [0.05, 0.1) is 21.3 Å². The maximum absolute atomic E-state index is 6.08. The van der Waals surface area contributed by atoms with Gasteiger partial charge in [0.2, 0.25) is 5.75 Å². The number of benzene rings is 1. The summed E-state index contributed by atoms with van der Waals surface area (Å²) in [4.78, 5) is 0. The first-order valence-corrected chi connectivity index (χ1v) is 6.51. The van der Waals surface area contributed by atoms with Crippen molar-refractivity contribution in [2.75, 3.05) is 27.9 Å². The molecule has 1 aromatic rings. The molecule has 0 aliphatic heterocycles. The lowest BCUT2D eigenvalue weighted by Gasteiger charge is -2.27. The SMILES string of the molecule is COc1cc(OCC(N)C(C)(C)C)cc(OC)c1OC. The first kappa shape index (κ1) is 16.4. The summed E-state index contributed by atoms with van der Waals surface area (Å²) < 4.78 is 21.6. The van der Waals surface area contributed by atoms with Crippen LogP contribution in [0.1, 0.15) is 20.8 Å². The molecule has 1 unspecified atom stereocenters. The lowest BCUT2D eigenvalue weighted by atomic mass is 9.88. The van der Waals surface area contributed by atoms with Gasteiger partial charge >= 0.3 is 0 Å². The molecule has 0 radical (unpaired) electrons. The van der Waals surface area contributed by atoms with Crippen molar-refractivity contribution < 1.29 is 18.9 Å². The van der Waals surface area contributed by atoms with Gasteiger partial charge in [0.15, 0.2) is 11.5 Å². The lowest BCUT2D eigenvalue weighted by molar-refractivity contribution is 0.204. The molecule has 0 aromatic heterocycles. The van der Waals surface area contributed by atoms with E-state index in [9.17, 15) is 0 Å². The topological polar surface area (TPSA) is 62.9 Å². The molecule has 1 rings (SSSR count). The summed E-state index contributed by atoms with van der Waals surface area (Å²) in [7, 11) is 4.71. The third-order valence-electron chi connectivity index (χ3n) is 3.18. The zero-order chi connectivity index (χ0) is 15.3. The number of hydrogen-bond donors (Lipinski definition) is 1. The molecule has 5 nitrogen and oxygen atoms in total. The molecule has 0 spiro atoms. The highest BCUT2D eigenvalue weighted by Gasteiger charge is 2.22. The van der Waals surface area contributed by atoms with Gasteiger partial charge in [-0.2, -0.15) is 0 Å². The number of ether oxygens (including phenoxy) is 4. The van der Waals surface area contributed by atoms with Gasteiger partial charge in [-0.25, -0.2) is 0 Å². The molecule has 0 saturated carbocycles. The van der Waals surface area contributed by atoms with Crippen LogP contribution < -0.4 is 24.7 Å². The molecular weight excluding hydrogens is 258 g/mol. The molecule has 0 amide bonds. The molecule has 20 heavy (non-hydrogen) atoms. The molecule has 0 bridgehead atoms. The Hall–Kier alpha value is -1.62. The van der Waals surface area contributed by atoms with E-state index >= 15 is 0 Å². The molecule has 5 heteroatoms. The molecule has 114 valence electrons. The van der Waals surface area contributed by atoms with Crippen molar-refractivity contribution in [3.63, 3.8) is 0 Å². The van der Waals surface area contributed by atoms with Crippen LogP contribution in [0.3, 0.4) is 0 Å². The lowest BCUT2D eigenvalue weighted by Crippen LogP contribution is -2.40. The first-order chi connectivity index (χ1) is 9.33. The summed E-state index contributed by atoms with van der Waals surface area (Å²) >= 11 is 0. The van der Waals surface area contributed by atoms with E-state index in [0.29, 0.717) is 29.6 Å².